The predicted molar refractivity (Wildman–Crippen MR) is 109 cm³/mol. The fourth-order valence-corrected chi connectivity index (χ4v) is 3.05. The van der Waals surface area contributed by atoms with Gasteiger partial charge in [-0.3, -0.25) is 5.43 Å². The van der Waals surface area contributed by atoms with Gasteiger partial charge in [0, 0.05) is 12.8 Å². The third-order valence-corrected chi connectivity index (χ3v) is 5.30. The number of benzene rings is 1. The number of sulfone groups is 1. The fourth-order valence-electron chi connectivity index (χ4n) is 2.29. The molecule has 0 heterocycles. The Hall–Kier alpha value is -1.47. The normalized spacial score (nSPS) is 13.4. The summed E-state index contributed by atoms with van der Waals surface area (Å²) in [4.78, 5) is 0.297. The van der Waals surface area contributed by atoms with E-state index in [9.17, 15) is 8.42 Å². The second kappa shape index (κ2) is 10.5. The number of rotatable bonds is 9. The van der Waals surface area contributed by atoms with Crippen molar-refractivity contribution >= 4 is 32.9 Å². The molecule has 0 spiro atoms. The van der Waals surface area contributed by atoms with Crippen LogP contribution < -0.4 is 10.7 Å². The molecule has 0 aliphatic carbocycles. The van der Waals surface area contributed by atoms with Gasteiger partial charge in [0.2, 0.25) is 0 Å². The van der Waals surface area contributed by atoms with E-state index < -0.39 is 9.84 Å². The zero-order valence-corrected chi connectivity index (χ0v) is 17.1. The first kappa shape index (κ1) is 21.6. The molecule has 0 amide bonds. The molecule has 7 heteroatoms. The Morgan fingerprint density at radius 2 is 1.88 bits per heavy atom. The second-order valence-electron chi connectivity index (χ2n) is 6.42. The number of hydrogen-bond donors (Lipinski definition) is 2. The van der Waals surface area contributed by atoms with Crippen molar-refractivity contribution in [3.8, 4) is 0 Å². The van der Waals surface area contributed by atoms with Crippen molar-refractivity contribution in [2.45, 2.75) is 51.3 Å². The first-order valence-electron chi connectivity index (χ1n) is 8.62. The second-order valence-corrected chi connectivity index (χ2v) is 8.84. The minimum Gasteiger partial charge on any atom is -0.361 e. The average Bonchev–Trinajstić information content (AvgIpc) is 2.57. The smallest absolute Gasteiger partial charge is 0.186 e. The quantitative estimate of drug-likeness (QED) is 0.296. The summed E-state index contributed by atoms with van der Waals surface area (Å²) in [5, 5.41) is 7.93. The van der Waals surface area contributed by atoms with E-state index in [0.717, 1.165) is 17.8 Å². The first-order valence-corrected chi connectivity index (χ1v) is 10.9. The van der Waals surface area contributed by atoms with Crippen LogP contribution in [0, 0.1) is 5.92 Å². The molecule has 0 bridgehead atoms. The van der Waals surface area contributed by atoms with Gasteiger partial charge in [0.1, 0.15) is 0 Å². The molecule has 0 radical (unpaired) electrons. The van der Waals surface area contributed by atoms with Crippen LogP contribution in [0.4, 0.5) is 0 Å². The third kappa shape index (κ3) is 8.45. The highest BCUT2D eigenvalue weighted by Gasteiger charge is 2.07. The van der Waals surface area contributed by atoms with Gasteiger partial charge >= 0.3 is 0 Å². The number of thiocarbonyl (C=S) groups is 1. The van der Waals surface area contributed by atoms with Gasteiger partial charge in [-0.1, -0.05) is 45.2 Å². The van der Waals surface area contributed by atoms with E-state index in [1.807, 2.05) is 6.92 Å². The van der Waals surface area contributed by atoms with Gasteiger partial charge in [0.15, 0.2) is 14.9 Å². The highest BCUT2D eigenvalue weighted by Crippen LogP contribution is 2.11. The molecular weight excluding hydrogens is 354 g/mol. The summed E-state index contributed by atoms with van der Waals surface area (Å²) in [6.07, 6.45) is 6.14. The third-order valence-electron chi connectivity index (χ3n) is 3.94. The molecule has 0 saturated heterocycles. The molecule has 5 nitrogen and oxygen atoms in total. The molecule has 1 atom stereocenters. The predicted octanol–water partition coefficient (Wildman–Crippen LogP) is 3.49. The lowest BCUT2D eigenvalue weighted by atomic mass is 10.0. The monoisotopic (exact) mass is 383 g/mol. The number of hydrazone groups is 1. The van der Waals surface area contributed by atoms with E-state index >= 15 is 0 Å². The molecule has 1 aromatic carbocycles. The van der Waals surface area contributed by atoms with Gasteiger partial charge < -0.3 is 5.32 Å². The van der Waals surface area contributed by atoms with Crippen LogP contribution in [0.25, 0.3) is 0 Å². The van der Waals surface area contributed by atoms with Crippen LogP contribution in [0.2, 0.25) is 0 Å². The lowest BCUT2D eigenvalue weighted by molar-refractivity contribution is 0.487. The van der Waals surface area contributed by atoms with Gasteiger partial charge in [-0.2, -0.15) is 5.10 Å². The summed E-state index contributed by atoms with van der Waals surface area (Å²) in [6.45, 7) is 7.09. The first-order chi connectivity index (χ1) is 11.7. The minimum atomic E-state index is -3.18. The van der Waals surface area contributed by atoms with E-state index in [1.54, 1.807) is 24.3 Å². The molecule has 0 aliphatic heterocycles. The molecule has 0 saturated carbocycles. The van der Waals surface area contributed by atoms with Crippen molar-refractivity contribution in [2.75, 3.05) is 12.8 Å². The Labute approximate surface area is 157 Å². The molecular formula is C18H29N3O2S2. The highest BCUT2D eigenvalue weighted by atomic mass is 32.2. The average molecular weight is 384 g/mol. The molecule has 0 unspecified atom stereocenters. The zero-order valence-electron chi connectivity index (χ0n) is 15.5. The van der Waals surface area contributed by atoms with Crippen LogP contribution in [0.5, 0.6) is 0 Å². The van der Waals surface area contributed by atoms with E-state index in [-0.39, 0.29) is 0 Å². The summed E-state index contributed by atoms with van der Waals surface area (Å²) in [6, 6.07) is 6.64. The van der Waals surface area contributed by atoms with Gasteiger partial charge in [-0.15, -0.1) is 0 Å². The van der Waals surface area contributed by atoms with Crippen molar-refractivity contribution in [3.63, 3.8) is 0 Å². The van der Waals surface area contributed by atoms with Gasteiger partial charge in [0.25, 0.3) is 0 Å². The van der Waals surface area contributed by atoms with Crippen LogP contribution >= 0.6 is 12.2 Å². The largest absolute Gasteiger partial charge is 0.361 e. The summed E-state index contributed by atoms with van der Waals surface area (Å²) in [7, 11) is -3.18. The van der Waals surface area contributed by atoms with Crippen LogP contribution in [0.1, 0.15) is 52.0 Å². The zero-order chi connectivity index (χ0) is 18.9. The molecule has 0 aliphatic rings. The summed E-state index contributed by atoms with van der Waals surface area (Å²) in [5.74, 6) is 0.569. The number of nitrogens with zero attached hydrogens (tertiary/aromatic N) is 1. The van der Waals surface area contributed by atoms with Crippen molar-refractivity contribution < 1.29 is 8.42 Å². The van der Waals surface area contributed by atoms with Crippen molar-refractivity contribution in [2.24, 2.45) is 11.0 Å². The summed E-state index contributed by atoms with van der Waals surface area (Å²) in [5.41, 5.74) is 4.42. The van der Waals surface area contributed by atoms with Crippen LogP contribution in [-0.4, -0.2) is 32.0 Å². The lowest BCUT2D eigenvalue weighted by Gasteiger charge is -2.13. The van der Waals surface area contributed by atoms with Gasteiger partial charge in [0.05, 0.1) is 10.6 Å². The van der Waals surface area contributed by atoms with E-state index in [1.165, 1.54) is 31.9 Å². The Bertz CT molecular complexity index is 683. The standard InChI is InChI=1S/C18H29N3O2S2/c1-5-6-7-8-14(2)13-19-18(24)21-20-15(3)16-9-11-17(12-10-16)25(4,22)23/h9-12,14H,5-8,13H2,1-4H3,(H2,19,21,24)/b20-15-/t14-/m1/s1. The number of nitrogens with one attached hydrogen (secondary N) is 2. The summed E-state index contributed by atoms with van der Waals surface area (Å²) < 4.78 is 22.9. The minimum absolute atomic E-state index is 0.297. The Morgan fingerprint density at radius 3 is 2.44 bits per heavy atom. The maximum atomic E-state index is 11.5. The van der Waals surface area contributed by atoms with Crippen LogP contribution in [0.3, 0.4) is 0 Å². The molecule has 0 aromatic heterocycles. The summed E-state index contributed by atoms with van der Waals surface area (Å²) >= 11 is 5.24. The Kier molecular flexibility index (Phi) is 9.06. The highest BCUT2D eigenvalue weighted by molar-refractivity contribution is 7.90. The Balaban J connectivity index is 2.47. The van der Waals surface area contributed by atoms with E-state index in [4.69, 9.17) is 12.2 Å². The maximum absolute atomic E-state index is 11.5. The fraction of sp³-hybridized carbons (Fsp3) is 0.556. The molecule has 1 aromatic rings. The van der Waals surface area contributed by atoms with Crippen LogP contribution in [0.15, 0.2) is 34.3 Å². The van der Waals surface area contributed by atoms with Crippen molar-refractivity contribution in [1.29, 1.82) is 0 Å². The van der Waals surface area contributed by atoms with E-state index in [0.29, 0.717) is 15.9 Å². The SMILES string of the molecule is CCCCC[C@@H](C)CNC(=S)N/N=C(/C)c1ccc(S(C)(=O)=O)cc1. The van der Waals surface area contributed by atoms with E-state index in [2.05, 4.69) is 29.7 Å². The Morgan fingerprint density at radius 1 is 1.24 bits per heavy atom. The lowest BCUT2D eigenvalue weighted by Crippen LogP contribution is -2.35. The van der Waals surface area contributed by atoms with Crippen molar-refractivity contribution in [1.82, 2.24) is 10.7 Å². The molecule has 2 N–H and O–H groups in total. The topological polar surface area (TPSA) is 70.6 Å². The molecule has 140 valence electrons. The van der Waals surface area contributed by atoms with Gasteiger partial charge in [-0.05, 0) is 49.2 Å². The molecule has 1 rings (SSSR count). The molecule has 25 heavy (non-hydrogen) atoms. The number of unbranched alkanes of at least 4 members (excludes halogenated alkanes) is 2. The van der Waals surface area contributed by atoms with Crippen molar-refractivity contribution in [3.05, 3.63) is 29.8 Å². The van der Waals surface area contributed by atoms with Gasteiger partial charge in [-0.25, -0.2) is 8.42 Å². The number of hydrogen-bond acceptors (Lipinski definition) is 4. The van der Waals surface area contributed by atoms with Crippen LogP contribution in [-0.2, 0) is 9.84 Å². The molecule has 0 fully saturated rings. The maximum Gasteiger partial charge on any atom is 0.186 e.